The molecule has 0 saturated carbocycles. The monoisotopic (exact) mass is 499 g/mol. The number of ether oxygens (including phenoxy) is 3. The number of hydrogen-bond donors (Lipinski definition) is 1. The quantitative estimate of drug-likeness (QED) is 0.618. The number of carbonyl (C=O) groups excluding carboxylic acids is 2. The Kier molecular flexibility index (Phi) is 6.10. The van der Waals surface area contributed by atoms with Crippen LogP contribution in [-0.4, -0.2) is 57.0 Å². The summed E-state index contributed by atoms with van der Waals surface area (Å²) in [4.78, 5) is 27.3. The van der Waals surface area contributed by atoms with Gasteiger partial charge in [0.25, 0.3) is 15.9 Å². The van der Waals surface area contributed by atoms with E-state index in [4.69, 9.17) is 14.2 Å². The minimum absolute atomic E-state index is 0.173. The molecule has 10 nitrogen and oxygen atoms in total. The number of hydrogen-bond acceptors (Lipinski definition) is 8. The minimum Gasteiger partial charge on any atom is -0.454 e. The van der Waals surface area contributed by atoms with E-state index in [-0.39, 0.29) is 24.8 Å². The largest absolute Gasteiger partial charge is 0.454 e. The summed E-state index contributed by atoms with van der Waals surface area (Å²) >= 11 is 0. The summed E-state index contributed by atoms with van der Waals surface area (Å²) in [5.74, 6) is 0.242. The molecule has 184 valence electrons. The van der Waals surface area contributed by atoms with Crippen molar-refractivity contribution < 1.29 is 32.2 Å². The lowest BCUT2D eigenvalue weighted by atomic mass is 9.97. The highest BCUT2D eigenvalue weighted by atomic mass is 32.2. The van der Waals surface area contributed by atoms with Crippen molar-refractivity contribution >= 4 is 27.7 Å². The van der Waals surface area contributed by atoms with Crippen molar-refractivity contribution in [3.8, 4) is 11.5 Å². The Balaban J connectivity index is 1.17. The van der Waals surface area contributed by atoms with E-state index in [1.165, 1.54) is 13.0 Å². The SMILES string of the molecule is CC(OC(=O)C1CCCN(C2=NS(=O)(=O)c3ccccc32)C1)C(=O)NCc1ccc2c(c1)OCO2. The van der Waals surface area contributed by atoms with Crippen molar-refractivity contribution in [3.63, 3.8) is 0 Å². The van der Waals surface area contributed by atoms with Gasteiger partial charge in [0.15, 0.2) is 23.4 Å². The van der Waals surface area contributed by atoms with Crippen LogP contribution < -0.4 is 14.8 Å². The third kappa shape index (κ3) is 4.68. The molecule has 3 aliphatic heterocycles. The number of fused-ring (bicyclic) bond motifs is 2. The fraction of sp³-hybridized carbons (Fsp3) is 0.375. The average Bonchev–Trinajstić information content (AvgIpc) is 3.44. The predicted molar refractivity (Wildman–Crippen MR) is 124 cm³/mol. The average molecular weight is 500 g/mol. The smallest absolute Gasteiger partial charge is 0.311 e. The summed E-state index contributed by atoms with van der Waals surface area (Å²) in [5, 5.41) is 2.76. The van der Waals surface area contributed by atoms with E-state index in [2.05, 4.69) is 9.71 Å². The molecule has 2 atom stereocenters. The van der Waals surface area contributed by atoms with Crippen LogP contribution >= 0.6 is 0 Å². The number of amidine groups is 1. The molecule has 1 saturated heterocycles. The molecule has 3 aliphatic rings. The number of benzene rings is 2. The maximum atomic E-state index is 12.8. The molecule has 0 bridgehead atoms. The van der Waals surface area contributed by atoms with Gasteiger partial charge in [-0.25, -0.2) is 0 Å². The maximum Gasteiger partial charge on any atom is 0.311 e. The van der Waals surface area contributed by atoms with E-state index in [1.54, 1.807) is 30.3 Å². The normalized spacial score (nSPS) is 20.5. The van der Waals surface area contributed by atoms with Crippen LogP contribution in [0.5, 0.6) is 11.5 Å². The summed E-state index contributed by atoms with van der Waals surface area (Å²) in [6.07, 6.45) is 0.283. The number of carbonyl (C=O) groups is 2. The van der Waals surface area contributed by atoms with Gasteiger partial charge in [0.2, 0.25) is 6.79 Å². The van der Waals surface area contributed by atoms with Crippen LogP contribution in [0.4, 0.5) is 0 Å². The molecule has 0 spiro atoms. The highest BCUT2D eigenvalue weighted by Gasteiger charge is 2.36. The summed E-state index contributed by atoms with van der Waals surface area (Å²) in [6, 6.07) is 12.1. The van der Waals surface area contributed by atoms with E-state index in [0.29, 0.717) is 42.3 Å². The molecule has 0 aromatic heterocycles. The van der Waals surface area contributed by atoms with Gasteiger partial charge in [-0.2, -0.15) is 8.42 Å². The Morgan fingerprint density at radius 1 is 1.20 bits per heavy atom. The zero-order valence-electron chi connectivity index (χ0n) is 19.1. The van der Waals surface area contributed by atoms with Gasteiger partial charge in [0.05, 0.1) is 5.92 Å². The summed E-state index contributed by atoms with van der Waals surface area (Å²) in [6.45, 7) is 2.80. The van der Waals surface area contributed by atoms with Crippen molar-refractivity contribution in [2.24, 2.45) is 10.3 Å². The first-order valence-electron chi connectivity index (χ1n) is 11.4. The molecule has 2 unspecified atom stereocenters. The number of piperidine rings is 1. The Morgan fingerprint density at radius 3 is 2.86 bits per heavy atom. The van der Waals surface area contributed by atoms with Crippen LogP contribution in [0.1, 0.15) is 30.9 Å². The number of amides is 1. The standard InChI is InChI=1S/C24H25N3O7S/c1-15(23(28)25-12-16-8-9-19-20(11-16)33-14-32-19)34-24(29)17-5-4-10-27(13-17)22-18-6-2-3-7-21(18)35(30,31)26-22/h2-3,6-9,11,15,17H,4-5,10,12-14H2,1H3,(H,25,28). The summed E-state index contributed by atoms with van der Waals surface area (Å²) in [7, 11) is -3.74. The number of nitrogens with one attached hydrogen (secondary N) is 1. The first-order valence-corrected chi connectivity index (χ1v) is 12.8. The molecule has 0 radical (unpaired) electrons. The molecule has 11 heteroatoms. The van der Waals surface area contributed by atoms with E-state index >= 15 is 0 Å². The van der Waals surface area contributed by atoms with Gasteiger partial charge in [-0.05, 0) is 49.6 Å². The van der Waals surface area contributed by atoms with Gasteiger partial charge in [-0.15, -0.1) is 4.40 Å². The molecule has 1 N–H and O–H groups in total. The third-order valence-corrected chi connectivity index (χ3v) is 7.56. The van der Waals surface area contributed by atoms with Crippen molar-refractivity contribution in [2.75, 3.05) is 19.9 Å². The van der Waals surface area contributed by atoms with Gasteiger partial charge >= 0.3 is 5.97 Å². The van der Waals surface area contributed by atoms with Gasteiger partial charge < -0.3 is 24.4 Å². The van der Waals surface area contributed by atoms with Crippen molar-refractivity contribution in [2.45, 2.75) is 37.3 Å². The zero-order valence-corrected chi connectivity index (χ0v) is 19.9. The van der Waals surface area contributed by atoms with Gasteiger partial charge in [-0.1, -0.05) is 18.2 Å². The van der Waals surface area contributed by atoms with Gasteiger partial charge in [0.1, 0.15) is 4.90 Å². The fourth-order valence-corrected chi connectivity index (χ4v) is 5.61. The Bertz CT molecular complexity index is 1310. The molecule has 5 rings (SSSR count). The molecular weight excluding hydrogens is 474 g/mol. The van der Waals surface area contributed by atoms with Crippen molar-refractivity contribution in [3.05, 3.63) is 53.6 Å². The van der Waals surface area contributed by atoms with Crippen LogP contribution in [0.3, 0.4) is 0 Å². The van der Waals surface area contributed by atoms with E-state index in [1.807, 2.05) is 11.0 Å². The lowest BCUT2D eigenvalue weighted by Gasteiger charge is -2.33. The van der Waals surface area contributed by atoms with Crippen LogP contribution in [0.25, 0.3) is 0 Å². The van der Waals surface area contributed by atoms with E-state index in [9.17, 15) is 18.0 Å². The molecule has 2 aromatic rings. The number of esters is 1. The van der Waals surface area contributed by atoms with E-state index in [0.717, 1.165) is 5.56 Å². The Hall–Kier alpha value is -3.60. The number of likely N-dealkylation sites (tertiary alicyclic amines) is 1. The highest BCUT2D eigenvalue weighted by molar-refractivity contribution is 7.90. The second-order valence-corrected chi connectivity index (χ2v) is 10.2. The molecule has 1 fully saturated rings. The van der Waals surface area contributed by atoms with Gasteiger partial charge in [-0.3, -0.25) is 9.59 Å². The molecule has 2 aromatic carbocycles. The van der Waals surface area contributed by atoms with Crippen molar-refractivity contribution in [1.29, 1.82) is 0 Å². The third-order valence-electron chi connectivity index (χ3n) is 6.23. The lowest BCUT2D eigenvalue weighted by Crippen LogP contribution is -2.44. The van der Waals surface area contributed by atoms with Crippen molar-refractivity contribution in [1.82, 2.24) is 10.2 Å². The predicted octanol–water partition coefficient (Wildman–Crippen LogP) is 1.82. The highest BCUT2D eigenvalue weighted by Crippen LogP contribution is 2.32. The molecule has 35 heavy (non-hydrogen) atoms. The van der Waals surface area contributed by atoms with Crippen LogP contribution in [-0.2, 0) is 30.9 Å². The Labute approximate surface area is 202 Å². The summed E-state index contributed by atoms with van der Waals surface area (Å²) < 4.78 is 44.8. The van der Waals surface area contributed by atoms with Gasteiger partial charge in [0, 0.05) is 25.2 Å². The lowest BCUT2D eigenvalue weighted by molar-refractivity contribution is -0.160. The number of sulfonamides is 1. The zero-order chi connectivity index (χ0) is 24.6. The Morgan fingerprint density at radius 2 is 2.00 bits per heavy atom. The van der Waals surface area contributed by atoms with E-state index < -0.39 is 33.9 Å². The maximum absolute atomic E-state index is 12.8. The number of nitrogens with zero attached hydrogens (tertiary/aromatic N) is 2. The molecular formula is C24H25N3O7S. The fourth-order valence-electron chi connectivity index (χ4n) is 4.39. The van der Waals surface area contributed by atoms with Crippen LogP contribution in [0, 0.1) is 5.92 Å². The second-order valence-electron chi connectivity index (χ2n) is 8.66. The first kappa shape index (κ1) is 23.2. The van der Waals surface area contributed by atoms with Crippen LogP contribution in [0.2, 0.25) is 0 Å². The van der Waals surface area contributed by atoms with Crippen LogP contribution in [0.15, 0.2) is 51.8 Å². The molecule has 0 aliphatic carbocycles. The second kappa shape index (κ2) is 9.21. The number of rotatable bonds is 5. The minimum atomic E-state index is -3.74. The first-order chi connectivity index (χ1) is 16.8. The molecule has 3 heterocycles. The molecule has 1 amide bonds. The summed E-state index contributed by atoms with van der Waals surface area (Å²) in [5.41, 5.74) is 1.37. The topological polar surface area (TPSA) is 124 Å².